The molecule has 76 valence electrons. The molecule has 2 heteroatoms. The molecule has 2 rings (SSSR count). The third-order valence-corrected chi connectivity index (χ3v) is 4.93. The Morgan fingerprint density at radius 1 is 1.29 bits per heavy atom. The summed E-state index contributed by atoms with van der Waals surface area (Å²) >= 11 is 1.55. The molecular formula is C12H16OS. The number of hydrogen-bond acceptors (Lipinski definition) is 2. The van der Waals surface area contributed by atoms with Crippen LogP contribution in [0.25, 0.3) is 0 Å². The van der Waals surface area contributed by atoms with Gasteiger partial charge >= 0.3 is 0 Å². The number of carbonyl (C=O) groups is 1. The Hall–Kier alpha value is -0.630. The highest BCUT2D eigenvalue weighted by Crippen LogP contribution is 2.69. The molecule has 0 aliphatic heterocycles. The van der Waals surface area contributed by atoms with Gasteiger partial charge in [0.1, 0.15) is 0 Å². The summed E-state index contributed by atoms with van der Waals surface area (Å²) in [6.07, 6.45) is 0. The van der Waals surface area contributed by atoms with Crippen molar-refractivity contribution in [1.29, 1.82) is 0 Å². The fraction of sp³-hybridized carbons (Fsp3) is 0.583. The van der Waals surface area contributed by atoms with Crippen LogP contribution in [0.1, 0.15) is 37.4 Å². The van der Waals surface area contributed by atoms with E-state index < -0.39 is 0 Å². The van der Waals surface area contributed by atoms with Crippen LogP contribution in [0.3, 0.4) is 0 Å². The molecule has 1 fully saturated rings. The van der Waals surface area contributed by atoms with Crippen LogP contribution in [-0.4, -0.2) is 5.78 Å². The summed E-state index contributed by atoms with van der Waals surface area (Å²) in [6, 6.07) is 3.87. The minimum atomic E-state index is 0.161. The predicted molar refractivity (Wildman–Crippen MR) is 59.7 cm³/mol. The van der Waals surface area contributed by atoms with Crippen molar-refractivity contribution in [3.05, 3.63) is 22.4 Å². The van der Waals surface area contributed by atoms with Gasteiger partial charge in [0.15, 0.2) is 5.78 Å². The van der Waals surface area contributed by atoms with Gasteiger partial charge in [-0.1, -0.05) is 33.8 Å². The molecule has 1 nitrogen and oxygen atoms in total. The van der Waals surface area contributed by atoms with E-state index in [0.29, 0.717) is 5.78 Å². The van der Waals surface area contributed by atoms with E-state index in [0.717, 1.165) is 4.88 Å². The molecule has 1 aliphatic rings. The van der Waals surface area contributed by atoms with Crippen molar-refractivity contribution in [3.63, 3.8) is 0 Å². The van der Waals surface area contributed by atoms with E-state index in [9.17, 15) is 4.79 Å². The molecule has 14 heavy (non-hydrogen) atoms. The lowest BCUT2D eigenvalue weighted by Gasteiger charge is -2.03. The van der Waals surface area contributed by atoms with Crippen molar-refractivity contribution in [2.75, 3.05) is 0 Å². The number of thiophene rings is 1. The lowest BCUT2D eigenvalue weighted by atomic mass is 10.0. The number of carbonyl (C=O) groups excluding carboxylic acids is 1. The molecule has 0 unspecified atom stereocenters. The second-order valence-corrected chi connectivity index (χ2v) is 6.17. The summed E-state index contributed by atoms with van der Waals surface area (Å²) in [5.41, 5.74) is 0.322. The first-order valence-electron chi connectivity index (χ1n) is 4.97. The van der Waals surface area contributed by atoms with Gasteiger partial charge in [0.25, 0.3) is 0 Å². The Kier molecular flexibility index (Phi) is 1.91. The number of hydrogen-bond donors (Lipinski definition) is 0. The van der Waals surface area contributed by atoms with Crippen LogP contribution < -0.4 is 0 Å². The molecule has 0 radical (unpaired) electrons. The molecule has 0 atom stereocenters. The van der Waals surface area contributed by atoms with Gasteiger partial charge in [-0.3, -0.25) is 4.79 Å². The molecule has 0 amide bonds. The Balaban J connectivity index is 2.25. The third-order valence-electron chi connectivity index (χ3n) is 4.05. The second kappa shape index (κ2) is 2.69. The molecule has 0 saturated heterocycles. The summed E-state index contributed by atoms with van der Waals surface area (Å²) in [5, 5.41) is 1.97. The zero-order chi connectivity index (χ0) is 10.6. The van der Waals surface area contributed by atoms with Crippen molar-refractivity contribution >= 4 is 17.1 Å². The maximum absolute atomic E-state index is 12.1. The summed E-state index contributed by atoms with van der Waals surface area (Å²) in [6.45, 7) is 8.73. The number of rotatable bonds is 2. The first-order chi connectivity index (χ1) is 6.39. The zero-order valence-electron chi connectivity index (χ0n) is 9.13. The maximum atomic E-state index is 12.1. The van der Waals surface area contributed by atoms with Crippen LogP contribution >= 0.6 is 11.3 Å². The number of Topliss-reactive ketones (excluding diaryl/α,β-unsaturated/α-hetero) is 1. The van der Waals surface area contributed by atoms with Crippen LogP contribution in [0.4, 0.5) is 0 Å². The molecule has 1 saturated carbocycles. The van der Waals surface area contributed by atoms with Crippen molar-refractivity contribution in [3.8, 4) is 0 Å². The predicted octanol–water partition coefficient (Wildman–Crippen LogP) is 3.61. The zero-order valence-corrected chi connectivity index (χ0v) is 9.94. The molecule has 0 spiro atoms. The lowest BCUT2D eigenvalue weighted by Crippen LogP contribution is -2.05. The van der Waals surface area contributed by atoms with Gasteiger partial charge in [0.2, 0.25) is 0 Å². The van der Waals surface area contributed by atoms with E-state index in [4.69, 9.17) is 0 Å². The number of ketones is 1. The van der Waals surface area contributed by atoms with E-state index in [-0.39, 0.29) is 16.7 Å². The Labute approximate surface area is 89.1 Å². The van der Waals surface area contributed by atoms with E-state index in [1.54, 1.807) is 11.3 Å². The second-order valence-electron chi connectivity index (χ2n) is 5.22. The highest BCUT2D eigenvalue weighted by molar-refractivity contribution is 7.12. The minimum Gasteiger partial charge on any atom is -0.293 e. The van der Waals surface area contributed by atoms with E-state index in [1.165, 1.54) is 0 Å². The molecule has 1 aliphatic carbocycles. The molecule has 1 heterocycles. The fourth-order valence-electron chi connectivity index (χ4n) is 2.41. The quantitative estimate of drug-likeness (QED) is 0.678. The highest BCUT2D eigenvalue weighted by Gasteiger charge is 2.67. The third kappa shape index (κ3) is 1.10. The SMILES string of the molecule is CC1(C)C(C(=O)c2cccs2)C1(C)C. The summed E-state index contributed by atoms with van der Waals surface area (Å²) in [5.74, 6) is 0.531. The van der Waals surface area contributed by atoms with Gasteiger partial charge < -0.3 is 0 Å². The standard InChI is InChI=1S/C12H16OS/c1-11(2)10(12(11,3)4)9(13)8-6-5-7-14-8/h5-7,10H,1-4H3. The Bertz CT molecular complexity index is 346. The van der Waals surface area contributed by atoms with Gasteiger partial charge in [0.05, 0.1) is 4.88 Å². The summed E-state index contributed by atoms with van der Waals surface area (Å²) < 4.78 is 0. The summed E-state index contributed by atoms with van der Waals surface area (Å²) in [7, 11) is 0. The van der Waals surface area contributed by atoms with Crippen LogP contribution in [0.5, 0.6) is 0 Å². The van der Waals surface area contributed by atoms with E-state index in [1.807, 2.05) is 17.5 Å². The molecule has 0 N–H and O–H groups in total. The molecular weight excluding hydrogens is 192 g/mol. The first-order valence-corrected chi connectivity index (χ1v) is 5.84. The molecule has 0 aromatic carbocycles. The largest absolute Gasteiger partial charge is 0.293 e. The van der Waals surface area contributed by atoms with E-state index >= 15 is 0 Å². The van der Waals surface area contributed by atoms with Gasteiger partial charge in [-0.2, -0.15) is 0 Å². The fourth-order valence-corrected chi connectivity index (χ4v) is 3.11. The first kappa shape index (κ1) is 9.91. The van der Waals surface area contributed by atoms with Crippen LogP contribution in [0.15, 0.2) is 17.5 Å². The van der Waals surface area contributed by atoms with Gasteiger partial charge in [0, 0.05) is 5.92 Å². The average molecular weight is 208 g/mol. The van der Waals surface area contributed by atoms with E-state index in [2.05, 4.69) is 27.7 Å². The van der Waals surface area contributed by atoms with Crippen molar-refractivity contribution in [2.24, 2.45) is 16.7 Å². The minimum absolute atomic E-state index is 0.161. The normalized spacial score (nSPS) is 23.4. The van der Waals surface area contributed by atoms with Crippen LogP contribution in [-0.2, 0) is 0 Å². The van der Waals surface area contributed by atoms with Crippen molar-refractivity contribution in [1.82, 2.24) is 0 Å². The Morgan fingerprint density at radius 2 is 1.86 bits per heavy atom. The highest BCUT2D eigenvalue weighted by atomic mass is 32.1. The van der Waals surface area contributed by atoms with Gasteiger partial charge in [-0.25, -0.2) is 0 Å². The van der Waals surface area contributed by atoms with Gasteiger partial charge in [-0.05, 0) is 22.3 Å². The average Bonchev–Trinajstić information content (AvgIpc) is 2.53. The molecule has 1 aromatic heterocycles. The maximum Gasteiger partial charge on any atom is 0.176 e. The Morgan fingerprint density at radius 3 is 2.21 bits per heavy atom. The van der Waals surface area contributed by atoms with Crippen LogP contribution in [0, 0.1) is 16.7 Å². The van der Waals surface area contributed by atoms with Crippen LogP contribution in [0.2, 0.25) is 0 Å². The van der Waals surface area contributed by atoms with Crippen molar-refractivity contribution in [2.45, 2.75) is 27.7 Å². The smallest absolute Gasteiger partial charge is 0.176 e. The lowest BCUT2D eigenvalue weighted by molar-refractivity contribution is 0.0949. The molecule has 0 bridgehead atoms. The van der Waals surface area contributed by atoms with Gasteiger partial charge in [-0.15, -0.1) is 11.3 Å². The monoisotopic (exact) mass is 208 g/mol. The topological polar surface area (TPSA) is 17.1 Å². The summed E-state index contributed by atoms with van der Waals surface area (Å²) in [4.78, 5) is 13.0. The van der Waals surface area contributed by atoms with Crippen molar-refractivity contribution < 1.29 is 4.79 Å². The molecule has 1 aromatic rings.